The molecular formula is C11H9BrFN3O. The van der Waals surface area contributed by atoms with E-state index in [1.807, 2.05) is 0 Å². The summed E-state index contributed by atoms with van der Waals surface area (Å²) in [7, 11) is 1.53. The second kappa shape index (κ2) is 5.09. The third-order valence-corrected chi connectivity index (χ3v) is 2.45. The molecule has 0 bridgehead atoms. The van der Waals surface area contributed by atoms with Crippen molar-refractivity contribution in [3.8, 4) is 5.88 Å². The average molecular weight is 298 g/mol. The lowest BCUT2D eigenvalue weighted by molar-refractivity contribution is 0.398. The van der Waals surface area contributed by atoms with Gasteiger partial charge in [0.15, 0.2) is 11.6 Å². The summed E-state index contributed by atoms with van der Waals surface area (Å²) in [6.45, 7) is 0. The van der Waals surface area contributed by atoms with Gasteiger partial charge in [-0.2, -0.15) is 0 Å². The SMILES string of the molecule is COc1ccc(Nc2ncc(Br)cc2F)cn1. The number of aromatic nitrogens is 2. The minimum Gasteiger partial charge on any atom is -0.481 e. The van der Waals surface area contributed by atoms with Crippen LogP contribution in [0.1, 0.15) is 0 Å². The molecule has 17 heavy (non-hydrogen) atoms. The minimum absolute atomic E-state index is 0.153. The second-order valence-corrected chi connectivity index (χ2v) is 4.11. The molecule has 0 saturated heterocycles. The molecule has 0 fully saturated rings. The third-order valence-electron chi connectivity index (χ3n) is 2.02. The van der Waals surface area contributed by atoms with E-state index in [1.54, 1.807) is 18.3 Å². The van der Waals surface area contributed by atoms with Gasteiger partial charge in [0.05, 0.1) is 19.0 Å². The molecule has 2 aromatic heterocycles. The Hall–Kier alpha value is -1.69. The van der Waals surface area contributed by atoms with Gasteiger partial charge in [-0.15, -0.1) is 0 Å². The van der Waals surface area contributed by atoms with Crippen molar-refractivity contribution in [2.24, 2.45) is 0 Å². The summed E-state index contributed by atoms with van der Waals surface area (Å²) in [5.41, 5.74) is 0.638. The average Bonchev–Trinajstić information content (AvgIpc) is 2.34. The van der Waals surface area contributed by atoms with Gasteiger partial charge in [-0.3, -0.25) is 0 Å². The zero-order valence-corrected chi connectivity index (χ0v) is 10.5. The van der Waals surface area contributed by atoms with Crippen molar-refractivity contribution in [1.29, 1.82) is 0 Å². The van der Waals surface area contributed by atoms with Gasteiger partial charge in [-0.25, -0.2) is 14.4 Å². The van der Waals surface area contributed by atoms with Crippen LogP contribution in [0.15, 0.2) is 35.1 Å². The molecule has 4 nitrogen and oxygen atoms in total. The first-order chi connectivity index (χ1) is 8.19. The number of rotatable bonds is 3. The number of nitrogens with one attached hydrogen (secondary N) is 1. The monoisotopic (exact) mass is 297 g/mol. The first-order valence-corrected chi connectivity index (χ1v) is 5.56. The summed E-state index contributed by atoms with van der Waals surface area (Å²) in [5.74, 6) is 0.218. The Bertz CT molecular complexity index is 519. The molecule has 6 heteroatoms. The first-order valence-electron chi connectivity index (χ1n) is 4.77. The standard InChI is InChI=1S/C11H9BrFN3O/c1-17-10-3-2-8(6-14-10)16-11-9(13)4-7(12)5-15-11/h2-6H,1H3,(H,15,16). The van der Waals surface area contributed by atoms with Crippen LogP contribution in [0, 0.1) is 5.82 Å². The zero-order chi connectivity index (χ0) is 12.3. The van der Waals surface area contributed by atoms with E-state index in [0.29, 0.717) is 16.0 Å². The molecule has 0 aliphatic heterocycles. The summed E-state index contributed by atoms with van der Waals surface area (Å²) < 4.78 is 19.0. The van der Waals surface area contributed by atoms with E-state index >= 15 is 0 Å². The highest BCUT2D eigenvalue weighted by molar-refractivity contribution is 9.10. The van der Waals surface area contributed by atoms with Crippen molar-refractivity contribution in [1.82, 2.24) is 9.97 Å². The van der Waals surface area contributed by atoms with Crippen LogP contribution in [0.25, 0.3) is 0 Å². The molecule has 0 amide bonds. The van der Waals surface area contributed by atoms with Crippen LogP contribution in [0.4, 0.5) is 15.9 Å². The number of hydrogen-bond acceptors (Lipinski definition) is 4. The predicted octanol–water partition coefficient (Wildman–Crippen LogP) is 3.13. The lowest BCUT2D eigenvalue weighted by Gasteiger charge is -2.06. The molecule has 0 radical (unpaired) electrons. The quantitative estimate of drug-likeness (QED) is 0.945. The largest absolute Gasteiger partial charge is 0.481 e. The number of hydrogen-bond donors (Lipinski definition) is 1. The number of methoxy groups -OCH3 is 1. The lowest BCUT2D eigenvalue weighted by atomic mass is 10.4. The summed E-state index contributed by atoms with van der Waals surface area (Å²) in [5, 5.41) is 2.83. The second-order valence-electron chi connectivity index (χ2n) is 3.20. The van der Waals surface area contributed by atoms with E-state index in [9.17, 15) is 4.39 Å². The van der Waals surface area contributed by atoms with Gasteiger partial charge in [0, 0.05) is 16.7 Å². The maximum atomic E-state index is 13.5. The van der Waals surface area contributed by atoms with E-state index in [-0.39, 0.29) is 5.82 Å². The molecule has 2 heterocycles. The number of pyridine rings is 2. The van der Waals surface area contributed by atoms with Gasteiger partial charge >= 0.3 is 0 Å². The Morgan fingerprint density at radius 3 is 2.71 bits per heavy atom. The molecule has 2 aromatic rings. The van der Waals surface area contributed by atoms with E-state index in [1.165, 1.54) is 19.4 Å². The van der Waals surface area contributed by atoms with Crippen molar-refractivity contribution in [2.45, 2.75) is 0 Å². The van der Waals surface area contributed by atoms with Gasteiger partial charge in [0.25, 0.3) is 0 Å². The van der Waals surface area contributed by atoms with Gasteiger partial charge in [-0.05, 0) is 28.1 Å². The van der Waals surface area contributed by atoms with Crippen LogP contribution < -0.4 is 10.1 Å². The molecule has 0 saturated carbocycles. The molecule has 0 unspecified atom stereocenters. The molecule has 2 rings (SSSR count). The normalized spacial score (nSPS) is 10.1. The third kappa shape index (κ3) is 2.91. The highest BCUT2D eigenvalue weighted by Gasteiger charge is 2.05. The highest BCUT2D eigenvalue weighted by atomic mass is 79.9. The molecule has 0 spiro atoms. The molecule has 0 atom stereocenters. The Morgan fingerprint density at radius 2 is 2.12 bits per heavy atom. The Kier molecular flexibility index (Phi) is 3.53. The number of nitrogens with zero attached hydrogens (tertiary/aromatic N) is 2. The molecule has 1 N–H and O–H groups in total. The van der Waals surface area contributed by atoms with Crippen molar-refractivity contribution in [2.75, 3.05) is 12.4 Å². The van der Waals surface area contributed by atoms with Crippen molar-refractivity contribution in [3.05, 3.63) is 40.9 Å². The fraction of sp³-hybridized carbons (Fsp3) is 0.0909. The molecule has 0 aliphatic rings. The van der Waals surface area contributed by atoms with Crippen LogP contribution in [0.5, 0.6) is 5.88 Å². The van der Waals surface area contributed by atoms with Crippen LogP contribution >= 0.6 is 15.9 Å². The van der Waals surface area contributed by atoms with Gasteiger partial charge < -0.3 is 10.1 Å². The van der Waals surface area contributed by atoms with Crippen LogP contribution in [-0.4, -0.2) is 17.1 Å². The van der Waals surface area contributed by atoms with E-state index in [4.69, 9.17) is 4.74 Å². The smallest absolute Gasteiger partial charge is 0.213 e. The molecule has 88 valence electrons. The topological polar surface area (TPSA) is 47.0 Å². The number of anilines is 2. The Labute approximate surface area is 106 Å². The van der Waals surface area contributed by atoms with E-state index < -0.39 is 5.82 Å². The Balaban J connectivity index is 2.19. The fourth-order valence-corrected chi connectivity index (χ4v) is 1.52. The summed E-state index contributed by atoms with van der Waals surface area (Å²) in [6.07, 6.45) is 3.06. The maximum Gasteiger partial charge on any atom is 0.213 e. The minimum atomic E-state index is -0.435. The number of ether oxygens (including phenoxy) is 1. The van der Waals surface area contributed by atoms with Gasteiger partial charge in [0.1, 0.15) is 0 Å². The number of halogens is 2. The van der Waals surface area contributed by atoms with E-state index in [2.05, 4.69) is 31.2 Å². The van der Waals surface area contributed by atoms with Crippen LogP contribution in [-0.2, 0) is 0 Å². The van der Waals surface area contributed by atoms with Crippen LogP contribution in [0.3, 0.4) is 0 Å². The molecule has 0 aromatic carbocycles. The Morgan fingerprint density at radius 1 is 1.29 bits per heavy atom. The zero-order valence-electron chi connectivity index (χ0n) is 8.95. The highest BCUT2D eigenvalue weighted by Crippen LogP contribution is 2.20. The summed E-state index contributed by atoms with van der Waals surface area (Å²) in [6, 6.07) is 4.75. The summed E-state index contributed by atoms with van der Waals surface area (Å²) in [4.78, 5) is 7.92. The fourth-order valence-electron chi connectivity index (χ4n) is 1.22. The molecule has 0 aliphatic carbocycles. The molecular weight excluding hydrogens is 289 g/mol. The van der Waals surface area contributed by atoms with Crippen molar-refractivity contribution >= 4 is 27.4 Å². The van der Waals surface area contributed by atoms with Crippen LogP contribution in [0.2, 0.25) is 0 Å². The lowest BCUT2D eigenvalue weighted by Crippen LogP contribution is -1.97. The van der Waals surface area contributed by atoms with Gasteiger partial charge in [0.2, 0.25) is 5.88 Å². The van der Waals surface area contributed by atoms with Crippen molar-refractivity contribution in [3.63, 3.8) is 0 Å². The predicted molar refractivity (Wildman–Crippen MR) is 66.0 cm³/mol. The first kappa shape index (κ1) is 11.8. The summed E-state index contributed by atoms with van der Waals surface area (Å²) >= 11 is 3.14. The van der Waals surface area contributed by atoms with E-state index in [0.717, 1.165) is 0 Å². The maximum absolute atomic E-state index is 13.5. The van der Waals surface area contributed by atoms with Crippen molar-refractivity contribution < 1.29 is 9.13 Å². The van der Waals surface area contributed by atoms with Gasteiger partial charge in [-0.1, -0.05) is 0 Å².